The van der Waals surface area contributed by atoms with Crippen molar-refractivity contribution in [3.05, 3.63) is 72.6 Å². The second-order valence-corrected chi connectivity index (χ2v) is 8.12. The predicted octanol–water partition coefficient (Wildman–Crippen LogP) is 3.93. The highest BCUT2D eigenvalue weighted by atomic mass is 32.2. The van der Waals surface area contributed by atoms with Gasteiger partial charge in [0.2, 0.25) is 0 Å². The minimum Gasteiger partial charge on any atom is -0.494 e. The minimum atomic E-state index is -3.80. The fourth-order valence-electron chi connectivity index (χ4n) is 3.11. The second kappa shape index (κ2) is 7.56. The molecule has 0 unspecified atom stereocenters. The van der Waals surface area contributed by atoms with Gasteiger partial charge in [-0.15, -0.1) is 0 Å². The van der Waals surface area contributed by atoms with Crippen LogP contribution in [0.2, 0.25) is 0 Å². The maximum atomic E-state index is 12.9. The second-order valence-electron chi connectivity index (χ2n) is 6.44. The van der Waals surface area contributed by atoms with Crippen LogP contribution in [0.5, 0.6) is 5.75 Å². The number of sulfonamides is 1. The molecule has 2 aromatic carbocycles. The van der Waals surface area contributed by atoms with E-state index in [-0.39, 0.29) is 4.90 Å². The van der Waals surface area contributed by atoms with Crippen molar-refractivity contribution in [3.63, 3.8) is 0 Å². The number of aromatic nitrogens is 3. The first-order chi connectivity index (χ1) is 14.0. The van der Waals surface area contributed by atoms with Crippen molar-refractivity contribution < 1.29 is 13.2 Å². The van der Waals surface area contributed by atoms with E-state index in [1.165, 1.54) is 12.1 Å². The molecule has 8 heteroatoms. The normalized spacial score (nSPS) is 11.5. The van der Waals surface area contributed by atoms with Crippen LogP contribution in [-0.4, -0.2) is 29.8 Å². The number of pyridine rings is 1. The maximum Gasteiger partial charge on any atom is 0.263 e. The molecular formula is C21H20N4O3S. The molecular weight excluding hydrogens is 388 g/mol. The Labute approximate surface area is 169 Å². The van der Waals surface area contributed by atoms with Gasteiger partial charge in [0, 0.05) is 17.6 Å². The van der Waals surface area contributed by atoms with Crippen LogP contribution in [0.3, 0.4) is 0 Å². The third-order valence-corrected chi connectivity index (χ3v) is 5.74. The average molecular weight is 408 g/mol. The van der Waals surface area contributed by atoms with Gasteiger partial charge >= 0.3 is 0 Å². The molecule has 0 amide bonds. The number of rotatable bonds is 6. The molecule has 0 aliphatic carbocycles. The van der Waals surface area contributed by atoms with Crippen molar-refractivity contribution in [3.8, 4) is 11.4 Å². The molecule has 0 atom stereocenters. The SMILES string of the molecule is CCOc1ccc(S(=O)(=O)Nc2cc(C)nn2-c2cccc3ncccc23)cc1. The summed E-state index contributed by atoms with van der Waals surface area (Å²) in [6.07, 6.45) is 1.72. The predicted molar refractivity (Wildman–Crippen MR) is 112 cm³/mol. The molecule has 0 radical (unpaired) electrons. The van der Waals surface area contributed by atoms with E-state index in [4.69, 9.17) is 4.74 Å². The first kappa shape index (κ1) is 18.9. The molecule has 29 heavy (non-hydrogen) atoms. The standard InChI is InChI=1S/C21H20N4O3S/c1-3-28-16-9-11-17(12-10-16)29(26,27)24-21-14-15(2)23-25(21)20-8-4-7-19-18(20)6-5-13-22-19/h4-14,24H,3H2,1-2H3. The first-order valence-electron chi connectivity index (χ1n) is 9.14. The zero-order valence-electron chi connectivity index (χ0n) is 16.0. The number of fused-ring (bicyclic) bond motifs is 1. The van der Waals surface area contributed by atoms with Gasteiger partial charge in [-0.1, -0.05) is 6.07 Å². The largest absolute Gasteiger partial charge is 0.494 e. The summed E-state index contributed by atoms with van der Waals surface area (Å²) in [6.45, 7) is 4.20. The number of hydrogen-bond donors (Lipinski definition) is 1. The van der Waals surface area contributed by atoms with Gasteiger partial charge in [-0.25, -0.2) is 13.1 Å². The van der Waals surface area contributed by atoms with E-state index in [0.717, 1.165) is 16.6 Å². The van der Waals surface area contributed by atoms with Crippen LogP contribution >= 0.6 is 0 Å². The molecule has 148 valence electrons. The summed E-state index contributed by atoms with van der Waals surface area (Å²) < 4.78 is 35.5. The van der Waals surface area contributed by atoms with Crippen LogP contribution in [0.4, 0.5) is 5.82 Å². The molecule has 7 nitrogen and oxygen atoms in total. The van der Waals surface area contributed by atoms with E-state index in [0.29, 0.717) is 23.9 Å². The van der Waals surface area contributed by atoms with Crippen LogP contribution < -0.4 is 9.46 Å². The Hall–Kier alpha value is -3.39. The Morgan fingerprint density at radius 1 is 1.07 bits per heavy atom. The van der Waals surface area contributed by atoms with E-state index in [1.807, 2.05) is 44.2 Å². The van der Waals surface area contributed by atoms with Crippen molar-refractivity contribution >= 4 is 26.7 Å². The molecule has 0 aliphatic heterocycles. The van der Waals surface area contributed by atoms with Gasteiger partial charge in [-0.2, -0.15) is 5.10 Å². The summed E-state index contributed by atoms with van der Waals surface area (Å²) in [6, 6.07) is 17.4. The maximum absolute atomic E-state index is 12.9. The van der Waals surface area contributed by atoms with E-state index >= 15 is 0 Å². The Morgan fingerprint density at radius 3 is 2.62 bits per heavy atom. The van der Waals surface area contributed by atoms with Crippen molar-refractivity contribution in [1.29, 1.82) is 0 Å². The number of anilines is 1. The summed E-state index contributed by atoms with van der Waals surface area (Å²) in [5.41, 5.74) is 2.24. The lowest BCUT2D eigenvalue weighted by atomic mass is 10.2. The van der Waals surface area contributed by atoms with Gasteiger partial charge in [0.15, 0.2) is 0 Å². The third kappa shape index (κ3) is 3.79. The zero-order chi connectivity index (χ0) is 20.4. The van der Waals surface area contributed by atoms with Gasteiger partial charge in [0.1, 0.15) is 11.6 Å². The highest BCUT2D eigenvalue weighted by molar-refractivity contribution is 7.92. The van der Waals surface area contributed by atoms with Crippen LogP contribution in [0.1, 0.15) is 12.6 Å². The Morgan fingerprint density at radius 2 is 1.86 bits per heavy atom. The molecule has 0 aliphatic rings. The molecule has 2 heterocycles. The van der Waals surface area contributed by atoms with Gasteiger partial charge in [0.25, 0.3) is 10.0 Å². The van der Waals surface area contributed by atoms with E-state index in [1.54, 1.807) is 29.1 Å². The smallest absolute Gasteiger partial charge is 0.263 e. The number of nitrogens with zero attached hydrogens (tertiary/aromatic N) is 3. The lowest BCUT2D eigenvalue weighted by Crippen LogP contribution is -2.16. The van der Waals surface area contributed by atoms with Crippen LogP contribution in [0.25, 0.3) is 16.6 Å². The lowest BCUT2D eigenvalue weighted by molar-refractivity contribution is 0.340. The van der Waals surface area contributed by atoms with Crippen molar-refractivity contribution in [2.75, 3.05) is 11.3 Å². The van der Waals surface area contributed by atoms with E-state index < -0.39 is 10.0 Å². The fraction of sp³-hybridized carbons (Fsp3) is 0.143. The van der Waals surface area contributed by atoms with Gasteiger partial charge in [0.05, 0.1) is 28.4 Å². The van der Waals surface area contributed by atoms with Crippen LogP contribution in [-0.2, 0) is 10.0 Å². The van der Waals surface area contributed by atoms with Crippen molar-refractivity contribution in [2.24, 2.45) is 0 Å². The monoisotopic (exact) mass is 408 g/mol. The van der Waals surface area contributed by atoms with E-state index in [9.17, 15) is 8.42 Å². The topological polar surface area (TPSA) is 86.1 Å². The highest BCUT2D eigenvalue weighted by Gasteiger charge is 2.19. The molecule has 4 rings (SSSR count). The summed E-state index contributed by atoms with van der Waals surface area (Å²) >= 11 is 0. The van der Waals surface area contributed by atoms with Gasteiger partial charge < -0.3 is 4.74 Å². The van der Waals surface area contributed by atoms with Crippen molar-refractivity contribution in [1.82, 2.24) is 14.8 Å². The number of ether oxygens (including phenoxy) is 1. The fourth-order valence-corrected chi connectivity index (χ4v) is 4.14. The van der Waals surface area contributed by atoms with E-state index in [2.05, 4.69) is 14.8 Å². The Bertz CT molecular complexity index is 1260. The Kier molecular flexibility index (Phi) is 4.94. The van der Waals surface area contributed by atoms with Crippen LogP contribution in [0, 0.1) is 6.92 Å². The molecule has 0 spiro atoms. The zero-order valence-corrected chi connectivity index (χ0v) is 16.8. The number of benzene rings is 2. The molecule has 0 saturated heterocycles. The van der Waals surface area contributed by atoms with Crippen molar-refractivity contribution in [2.45, 2.75) is 18.7 Å². The summed E-state index contributed by atoms with van der Waals surface area (Å²) in [4.78, 5) is 4.50. The Balaban J connectivity index is 1.73. The minimum absolute atomic E-state index is 0.144. The molecule has 1 N–H and O–H groups in total. The van der Waals surface area contributed by atoms with Gasteiger partial charge in [-0.05, 0) is 62.4 Å². The number of nitrogens with one attached hydrogen (secondary N) is 1. The molecule has 2 aromatic heterocycles. The average Bonchev–Trinajstić information content (AvgIpc) is 3.07. The molecule has 4 aromatic rings. The summed E-state index contributed by atoms with van der Waals surface area (Å²) in [7, 11) is -3.80. The lowest BCUT2D eigenvalue weighted by Gasteiger charge is -2.12. The van der Waals surface area contributed by atoms with Gasteiger partial charge in [-0.3, -0.25) is 9.71 Å². The number of aryl methyl sites for hydroxylation is 1. The molecule has 0 bridgehead atoms. The molecule has 0 fully saturated rings. The first-order valence-corrected chi connectivity index (χ1v) is 10.6. The molecule has 0 saturated carbocycles. The highest BCUT2D eigenvalue weighted by Crippen LogP contribution is 2.26. The van der Waals surface area contributed by atoms with Crippen LogP contribution in [0.15, 0.2) is 71.8 Å². The number of hydrogen-bond acceptors (Lipinski definition) is 5. The summed E-state index contributed by atoms with van der Waals surface area (Å²) in [5, 5.41) is 5.36. The summed E-state index contributed by atoms with van der Waals surface area (Å²) in [5.74, 6) is 0.975. The third-order valence-electron chi connectivity index (χ3n) is 4.37. The quantitative estimate of drug-likeness (QED) is 0.522.